The number of ether oxygens (including phenoxy) is 1. The predicted octanol–water partition coefficient (Wildman–Crippen LogP) is 3.95. The fourth-order valence-corrected chi connectivity index (χ4v) is 4.73. The summed E-state index contributed by atoms with van der Waals surface area (Å²) in [7, 11) is 0. The zero-order valence-electron chi connectivity index (χ0n) is 13.2. The molecule has 3 heteroatoms. The van der Waals surface area contributed by atoms with Crippen molar-refractivity contribution in [3.8, 4) is 0 Å². The number of rotatable bonds is 4. The molecule has 21 heavy (non-hydrogen) atoms. The third kappa shape index (κ3) is 3.82. The topological polar surface area (TPSA) is 21.3 Å². The number of hydrogen-bond donors (Lipinski definition) is 1. The van der Waals surface area contributed by atoms with E-state index in [0.717, 1.165) is 19.6 Å². The largest absolute Gasteiger partial charge is 0.374 e. The highest BCUT2D eigenvalue weighted by Gasteiger charge is 2.40. The molecule has 0 aromatic heterocycles. The van der Waals surface area contributed by atoms with E-state index in [9.17, 15) is 0 Å². The lowest BCUT2D eigenvalue weighted by Crippen LogP contribution is -2.47. The molecule has 0 bridgehead atoms. The number of benzene rings is 1. The molecule has 0 aliphatic carbocycles. The molecule has 1 N–H and O–H groups in total. The van der Waals surface area contributed by atoms with Crippen molar-refractivity contribution in [1.29, 1.82) is 0 Å². The van der Waals surface area contributed by atoms with Crippen molar-refractivity contribution in [3.63, 3.8) is 0 Å². The molecular weight excluding hydrogens is 278 g/mol. The molecule has 2 atom stereocenters. The van der Waals surface area contributed by atoms with Gasteiger partial charge in [-0.1, -0.05) is 38.1 Å². The number of nitrogens with one attached hydrogen (secondary N) is 1. The highest BCUT2D eigenvalue weighted by Crippen LogP contribution is 2.38. The summed E-state index contributed by atoms with van der Waals surface area (Å²) in [5.41, 5.74) is 3.00. The van der Waals surface area contributed by atoms with Crippen LogP contribution in [0.15, 0.2) is 24.3 Å². The average Bonchev–Trinajstić information content (AvgIpc) is 2.93. The van der Waals surface area contributed by atoms with Gasteiger partial charge in [-0.3, -0.25) is 0 Å². The van der Waals surface area contributed by atoms with Crippen LogP contribution in [-0.4, -0.2) is 29.8 Å². The highest BCUT2D eigenvalue weighted by molar-refractivity contribution is 7.99. The Morgan fingerprint density at radius 3 is 2.81 bits per heavy atom. The summed E-state index contributed by atoms with van der Waals surface area (Å²) in [6, 6.07) is 9.68. The van der Waals surface area contributed by atoms with Crippen LogP contribution >= 0.6 is 11.8 Å². The number of thioether (sulfide) groups is 1. The minimum atomic E-state index is 0.183. The second kappa shape index (κ2) is 6.72. The molecule has 1 aromatic rings. The van der Waals surface area contributed by atoms with Crippen LogP contribution < -0.4 is 5.32 Å². The monoisotopic (exact) mass is 305 g/mol. The van der Waals surface area contributed by atoms with Crippen molar-refractivity contribution >= 4 is 11.8 Å². The van der Waals surface area contributed by atoms with Gasteiger partial charge in [0.1, 0.15) is 0 Å². The van der Waals surface area contributed by atoms with E-state index in [2.05, 4.69) is 43.4 Å². The molecule has 2 aliphatic heterocycles. The third-order valence-corrected chi connectivity index (χ3v) is 6.02. The summed E-state index contributed by atoms with van der Waals surface area (Å²) < 4.78 is 6.09. The Morgan fingerprint density at radius 2 is 2.14 bits per heavy atom. The minimum absolute atomic E-state index is 0.183. The molecule has 2 fully saturated rings. The Morgan fingerprint density at radius 1 is 1.33 bits per heavy atom. The van der Waals surface area contributed by atoms with Gasteiger partial charge in [-0.05, 0) is 42.1 Å². The predicted molar refractivity (Wildman–Crippen MR) is 91.0 cm³/mol. The first-order valence-electron chi connectivity index (χ1n) is 8.21. The van der Waals surface area contributed by atoms with E-state index in [1.54, 1.807) is 0 Å². The Kier molecular flexibility index (Phi) is 4.92. The number of hydrogen-bond acceptors (Lipinski definition) is 3. The molecule has 1 aromatic carbocycles. The third-order valence-electron chi connectivity index (χ3n) is 4.80. The summed E-state index contributed by atoms with van der Waals surface area (Å²) in [5, 5.41) is 3.75. The van der Waals surface area contributed by atoms with Crippen LogP contribution in [0.2, 0.25) is 0 Å². The van der Waals surface area contributed by atoms with Crippen LogP contribution in [0.1, 0.15) is 50.2 Å². The van der Waals surface area contributed by atoms with Gasteiger partial charge >= 0.3 is 0 Å². The van der Waals surface area contributed by atoms with E-state index in [1.807, 2.05) is 11.8 Å². The summed E-state index contributed by atoms with van der Waals surface area (Å²) in [6.45, 7) is 6.39. The summed E-state index contributed by atoms with van der Waals surface area (Å²) in [4.78, 5) is 0. The Labute approximate surface area is 133 Å². The minimum Gasteiger partial charge on any atom is -0.374 e. The van der Waals surface area contributed by atoms with Gasteiger partial charge in [0.15, 0.2) is 0 Å². The molecule has 3 rings (SSSR count). The van der Waals surface area contributed by atoms with Crippen LogP contribution in [0.3, 0.4) is 0 Å². The van der Waals surface area contributed by atoms with E-state index >= 15 is 0 Å². The molecule has 0 radical (unpaired) electrons. The van der Waals surface area contributed by atoms with Crippen LogP contribution in [0.5, 0.6) is 0 Å². The van der Waals surface area contributed by atoms with Crippen LogP contribution in [0, 0.1) is 0 Å². The normalized spacial score (nSPS) is 29.4. The van der Waals surface area contributed by atoms with Crippen molar-refractivity contribution < 1.29 is 4.74 Å². The highest BCUT2D eigenvalue weighted by atomic mass is 32.2. The lowest BCUT2D eigenvalue weighted by atomic mass is 9.90. The molecule has 2 nitrogen and oxygen atoms in total. The smallest absolute Gasteiger partial charge is 0.0795 e. The van der Waals surface area contributed by atoms with Crippen molar-refractivity contribution in [2.75, 3.05) is 18.1 Å². The standard InChI is InChI=1S/C18H27NOS/c1-14(2)16-5-3-15(4-6-16)12-19-17-7-9-20-18(11-17)8-10-21-13-18/h3-6,14,17,19H,7-13H2,1-2H3. The zero-order chi connectivity index (χ0) is 14.7. The van der Waals surface area contributed by atoms with Gasteiger partial charge in [0.2, 0.25) is 0 Å². The van der Waals surface area contributed by atoms with Crippen LogP contribution in [0.4, 0.5) is 0 Å². The first kappa shape index (κ1) is 15.4. The van der Waals surface area contributed by atoms with E-state index in [-0.39, 0.29) is 5.60 Å². The Hall–Kier alpha value is -0.510. The van der Waals surface area contributed by atoms with E-state index < -0.39 is 0 Å². The first-order valence-corrected chi connectivity index (χ1v) is 9.36. The molecule has 116 valence electrons. The van der Waals surface area contributed by atoms with Gasteiger partial charge in [-0.25, -0.2) is 0 Å². The molecule has 1 spiro atoms. The lowest BCUT2D eigenvalue weighted by Gasteiger charge is -2.38. The van der Waals surface area contributed by atoms with Gasteiger partial charge in [0.25, 0.3) is 0 Å². The Bertz CT molecular complexity index is 451. The van der Waals surface area contributed by atoms with E-state index in [1.165, 1.54) is 35.5 Å². The molecular formula is C18H27NOS. The maximum absolute atomic E-state index is 6.09. The van der Waals surface area contributed by atoms with Gasteiger partial charge in [-0.15, -0.1) is 0 Å². The van der Waals surface area contributed by atoms with Gasteiger partial charge in [0, 0.05) is 24.9 Å². The quantitative estimate of drug-likeness (QED) is 0.910. The first-order chi connectivity index (χ1) is 10.2. The van der Waals surface area contributed by atoms with Crippen molar-refractivity contribution in [2.45, 2.75) is 57.2 Å². The summed E-state index contributed by atoms with van der Waals surface area (Å²) in [5.74, 6) is 3.07. The molecule has 2 aliphatic rings. The van der Waals surface area contributed by atoms with Crippen LogP contribution in [0.25, 0.3) is 0 Å². The van der Waals surface area contributed by atoms with E-state index in [0.29, 0.717) is 12.0 Å². The lowest BCUT2D eigenvalue weighted by molar-refractivity contribution is -0.0703. The Balaban J connectivity index is 1.52. The van der Waals surface area contributed by atoms with Crippen molar-refractivity contribution in [1.82, 2.24) is 5.32 Å². The fourth-order valence-electron chi connectivity index (χ4n) is 3.35. The molecule has 0 amide bonds. The molecule has 2 heterocycles. The molecule has 2 unspecified atom stereocenters. The SMILES string of the molecule is CC(C)c1ccc(CNC2CCOC3(CCSC3)C2)cc1. The van der Waals surface area contributed by atoms with Crippen molar-refractivity contribution in [3.05, 3.63) is 35.4 Å². The molecule has 2 saturated heterocycles. The molecule has 0 saturated carbocycles. The van der Waals surface area contributed by atoms with E-state index in [4.69, 9.17) is 4.74 Å². The summed E-state index contributed by atoms with van der Waals surface area (Å²) in [6.07, 6.45) is 3.57. The van der Waals surface area contributed by atoms with Gasteiger partial charge < -0.3 is 10.1 Å². The van der Waals surface area contributed by atoms with Crippen LogP contribution in [-0.2, 0) is 11.3 Å². The van der Waals surface area contributed by atoms with Crippen molar-refractivity contribution in [2.24, 2.45) is 0 Å². The zero-order valence-corrected chi connectivity index (χ0v) is 14.0. The maximum Gasteiger partial charge on any atom is 0.0795 e. The second-order valence-electron chi connectivity index (χ2n) is 6.80. The average molecular weight is 305 g/mol. The maximum atomic E-state index is 6.09. The second-order valence-corrected chi connectivity index (χ2v) is 7.91. The fraction of sp³-hybridized carbons (Fsp3) is 0.667. The van der Waals surface area contributed by atoms with Gasteiger partial charge in [-0.2, -0.15) is 11.8 Å². The van der Waals surface area contributed by atoms with Gasteiger partial charge in [0.05, 0.1) is 5.60 Å². The summed E-state index contributed by atoms with van der Waals surface area (Å²) >= 11 is 2.05.